The van der Waals surface area contributed by atoms with Crippen molar-refractivity contribution < 1.29 is 14.0 Å². The number of amides is 1. The van der Waals surface area contributed by atoms with Crippen molar-refractivity contribution in [2.24, 2.45) is 5.92 Å². The molecule has 0 radical (unpaired) electrons. The number of rotatable bonds is 5. The predicted molar refractivity (Wildman–Crippen MR) is 122 cm³/mol. The molecule has 4 aromatic rings. The van der Waals surface area contributed by atoms with Gasteiger partial charge in [-0.2, -0.15) is 0 Å². The van der Waals surface area contributed by atoms with Gasteiger partial charge in [0.05, 0.1) is 29.1 Å². The van der Waals surface area contributed by atoms with E-state index < -0.39 is 0 Å². The highest BCUT2D eigenvalue weighted by molar-refractivity contribution is 7.17. The fourth-order valence-electron chi connectivity index (χ4n) is 4.20. The minimum atomic E-state index is -0.372. The Kier molecular flexibility index (Phi) is 5.22. The predicted octanol–water partition coefficient (Wildman–Crippen LogP) is 4.05. The molecule has 1 aliphatic carbocycles. The lowest BCUT2D eigenvalue weighted by Gasteiger charge is -2.18. The molecule has 7 nitrogen and oxygen atoms in total. The van der Waals surface area contributed by atoms with Crippen LogP contribution in [0.2, 0.25) is 0 Å². The fraction of sp³-hybridized carbons (Fsp3) is 0.250. The van der Waals surface area contributed by atoms with E-state index in [4.69, 9.17) is 4.42 Å². The maximum atomic E-state index is 13.2. The Bertz CT molecular complexity index is 1380. The third kappa shape index (κ3) is 3.67. The molecule has 1 amide bonds. The summed E-state index contributed by atoms with van der Waals surface area (Å²) in [6, 6.07) is 10.5. The number of carbonyl (C=O) groups is 2. The van der Waals surface area contributed by atoms with Crippen molar-refractivity contribution in [3.05, 3.63) is 81.0 Å². The van der Waals surface area contributed by atoms with Crippen LogP contribution in [0.25, 0.3) is 11.0 Å². The van der Waals surface area contributed by atoms with Crippen molar-refractivity contribution in [3.63, 3.8) is 0 Å². The number of hydrogen-bond acceptors (Lipinski definition) is 6. The van der Waals surface area contributed by atoms with Crippen LogP contribution in [0.5, 0.6) is 0 Å². The first-order valence-electron chi connectivity index (χ1n) is 10.5. The number of carbonyl (C=O) groups excluding carboxylic acids is 2. The van der Waals surface area contributed by atoms with Crippen LogP contribution in [0.3, 0.4) is 0 Å². The molecule has 0 fully saturated rings. The summed E-state index contributed by atoms with van der Waals surface area (Å²) in [6.07, 6.45) is 5.34. The van der Waals surface area contributed by atoms with Gasteiger partial charge in [0, 0.05) is 4.88 Å². The van der Waals surface area contributed by atoms with E-state index in [0.29, 0.717) is 27.5 Å². The second-order valence-corrected chi connectivity index (χ2v) is 9.19. The number of thiophene rings is 1. The molecule has 1 atom stereocenters. The van der Waals surface area contributed by atoms with E-state index in [9.17, 15) is 14.4 Å². The number of anilines is 1. The summed E-state index contributed by atoms with van der Waals surface area (Å²) in [7, 11) is 0. The topological polar surface area (TPSA) is 94.2 Å². The van der Waals surface area contributed by atoms with Crippen LogP contribution < -0.4 is 10.9 Å². The number of benzene rings is 1. The van der Waals surface area contributed by atoms with Gasteiger partial charge in [0.2, 0.25) is 11.7 Å². The number of furan rings is 1. The highest BCUT2D eigenvalue weighted by atomic mass is 32.1. The van der Waals surface area contributed by atoms with Gasteiger partial charge in [-0.05, 0) is 55.0 Å². The smallest absolute Gasteiger partial charge is 0.269 e. The molecule has 0 bridgehead atoms. The van der Waals surface area contributed by atoms with Gasteiger partial charge in [0.25, 0.3) is 5.56 Å². The molecule has 1 N–H and O–H groups in total. The van der Waals surface area contributed by atoms with Crippen molar-refractivity contribution in [2.75, 3.05) is 5.32 Å². The molecule has 0 spiro atoms. The minimum Gasteiger partial charge on any atom is -0.461 e. The van der Waals surface area contributed by atoms with Gasteiger partial charge in [0.1, 0.15) is 11.5 Å². The lowest BCUT2D eigenvalue weighted by molar-refractivity contribution is -0.116. The van der Waals surface area contributed by atoms with Crippen LogP contribution in [0.1, 0.15) is 39.9 Å². The second kappa shape index (κ2) is 8.20. The molecular weight excluding hydrogens is 426 g/mol. The van der Waals surface area contributed by atoms with Gasteiger partial charge in [0.15, 0.2) is 5.76 Å². The lowest BCUT2D eigenvalue weighted by atomic mass is 9.87. The Morgan fingerprint density at radius 2 is 2.09 bits per heavy atom. The lowest BCUT2D eigenvalue weighted by Crippen LogP contribution is -2.28. The molecule has 1 unspecified atom stereocenters. The first-order valence-corrected chi connectivity index (χ1v) is 11.3. The zero-order chi connectivity index (χ0) is 22.2. The average molecular weight is 448 g/mol. The molecule has 32 heavy (non-hydrogen) atoms. The van der Waals surface area contributed by atoms with Crippen molar-refractivity contribution in [3.8, 4) is 0 Å². The summed E-state index contributed by atoms with van der Waals surface area (Å²) >= 11 is 1.44. The average Bonchev–Trinajstić information content (AvgIpc) is 3.43. The highest BCUT2D eigenvalue weighted by Crippen LogP contribution is 2.40. The third-order valence-corrected chi connectivity index (χ3v) is 6.96. The van der Waals surface area contributed by atoms with Gasteiger partial charge in [-0.15, -0.1) is 11.3 Å². The molecule has 3 aromatic heterocycles. The standard InChI is InChI=1S/C24H21N3O4S/c1-14-8-9-15-19(11-14)32-24(22(15)23(30)18-7-4-10-31-18)26-20(28)13-27-17-6-3-2-5-16(17)25-12-21(27)29/h2-7,10,12,14H,8-9,11,13H2,1H3,(H,26,28). The van der Waals surface area contributed by atoms with Gasteiger partial charge in [-0.25, -0.2) is 4.98 Å². The molecular formula is C24H21N3O4S. The van der Waals surface area contributed by atoms with Crippen molar-refractivity contribution in [1.29, 1.82) is 0 Å². The van der Waals surface area contributed by atoms with E-state index in [1.54, 1.807) is 30.3 Å². The number of nitrogens with one attached hydrogen (secondary N) is 1. The Balaban J connectivity index is 1.49. The summed E-state index contributed by atoms with van der Waals surface area (Å²) in [5.41, 5.74) is 2.36. The van der Waals surface area contributed by atoms with Crippen LogP contribution in [0.15, 0.2) is 58.1 Å². The molecule has 1 aromatic carbocycles. The second-order valence-electron chi connectivity index (χ2n) is 8.08. The van der Waals surface area contributed by atoms with E-state index in [-0.39, 0.29) is 29.6 Å². The SMILES string of the molecule is CC1CCc2c(sc(NC(=O)Cn3c(=O)cnc4ccccc43)c2C(=O)c2ccco2)C1. The number of nitrogens with zero attached hydrogens (tertiary/aromatic N) is 2. The maximum absolute atomic E-state index is 13.2. The van der Waals surface area contributed by atoms with E-state index in [1.807, 2.05) is 6.07 Å². The molecule has 8 heteroatoms. The summed E-state index contributed by atoms with van der Waals surface area (Å²) in [5.74, 6) is 0.168. The summed E-state index contributed by atoms with van der Waals surface area (Å²) in [6.45, 7) is 2.02. The first-order chi connectivity index (χ1) is 15.5. The molecule has 162 valence electrons. The number of aromatic nitrogens is 2. The molecule has 0 saturated heterocycles. The monoisotopic (exact) mass is 447 g/mol. The molecule has 0 saturated carbocycles. The van der Waals surface area contributed by atoms with Crippen molar-refractivity contribution in [1.82, 2.24) is 9.55 Å². The van der Waals surface area contributed by atoms with Gasteiger partial charge < -0.3 is 9.73 Å². The fourth-order valence-corrected chi connectivity index (χ4v) is 5.62. The zero-order valence-corrected chi connectivity index (χ0v) is 18.3. The third-order valence-electron chi connectivity index (χ3n) is 5.79. The normalized spacial score (nSPS) is 15.5. The quantitative estimate of drug-likeness (QED) is 0.466. The number of fused-ring (bicyclic) bond motifs is 2. The highest BCUT2D eigenvalue weighted by Gasteiger charge is 2.30. The molecule has 0 aliphatic heterocycles. The molecule has 1 aliphatic rings. The minimum absolute atomic E-state index is 0.171. The van der Waals surface area contributed by atoms with Gasteiger partial charge in [-0.1, -0.05) is 19.1 Å². The summed E-state index contributed by atoms with van der Waals surface area (Å²) in [5, 5.41) is 3.42. The number of ketones is 1. The van der Waals surface area contributed by atoms with Crippen LogP contribution in [-0.4, -0.2) is 21.2 Å². The number of hydrogen-bond donors (Lipinski definition) is 1. The Hall–Kier alpha value is -3.52. The molecule has 3 heterocycles. The zero-order valence-electron chi connectivity index (χ0n) is 17.5. The van der Waals surface area contributed by atoms with Crippen molar-refractivity contribution >= 4 is 39.1 Å². The summed E-state index contributed by atoms with van der Waals surface area (Å²) < 4.78 is 6.73. The van der Waals surface area contributed by atoms with Crippen molar-refractivity contribution in [2.45, 2.75) is 32.7 Å². The van der Waals surface area contributed by atoms with E-state index >= 15 is 0 Å². The van der Waals surface area contributed by atoms with E-state index in [2.05, 4.69) is 17.2 Å². The van der Waals surface area contributed by atoms with Crippen LogP contribution in [-0.2, 0) is 24.2 Å². The van der Waals surface area contributed by atoms with Crippen LogP contribution in [0, 0.1) is 5.92 Å². The van der Waals surface area contributed by atoms with Gasteiger partial charge >= 0.3 is 0 Å². The maximum Gasteiger partial charge on any atom is 0.269 e. The molecule has 5 rings (SSSR count). The first kappa shape index (κ1) is 20.4. The van der Waals surface area contributed by atoms with E-state index in [1.165, 1.54) is 28.4 Å². The Labute approximate surface area is 187 Å². The van der Waals surface area contributed by atoms with Crippen LogP contribution in [0.4, 0.5) is 5.00 Å². The largest absolute Gasteiger partial charge is 0.461 e. The summed E-state index contributed by atoms with van der Waals surface area (Å²) in [4.78, 5) is 43.9. The van der Waals surface area contributed by atoms with Crippen LogP contribution >= 0.6 is 11.3 Å². The number of para-hydroxylation sites is 2. The Morgan fingerprint density at radius 3 is 2.91 bits per heavy atom. The van der Waals surface area contributed by atoms with Gasteiger partial charge in [-0.3, -0.25) is 19.0 Å². The Morgan fingerprint density at radius 1 is 1.25 bits per heavy atom. The van der Waals surface area contributed by atoms with E-state index in [0.717, 1.165) is 29.7 Å².